The molecule has 0 aromatic carbocycles. The van der Waals surface area contributed by atoms with Crippen molar-refractivity contribution in [2.75, 3.05) is 19.8 Å². The molecule has 0 saturated carbocycles. The van der Waals surface area contributed by atoms with Gasteiger partial charge in [-0.15, -0.1) is 0 Å². The molecule has 2 N–H and O–H groups in total. The molecule has 0 aliphatic heterocycles. The molecule has 0 bridgehead atoms. The molecule has 0 aliphatic carbocycles. The average molecular weight is 295 g/mol. The Morgan fingerprint density at radius 3 is 1.89 bits per heavy atom. The third-order valence-electron chi connectivity index (χ3n) is 2.68. The van der Waals surface area contributed by atoms with E-state index < -0.39 is 16.6 Å². The third-order valence-corrected chi connectivity index (χ3v) is 5.54. The van der Waals surface area contributed by atoms with E-state index in [1.807, 2.05) is 26.2 Å². The lowest BCUT2D eigenvalue weighted by Crippen LogP contribution is -2.30. The molecule has 0 spiro atoms. The molecular formula is C12H30O4Si2. The molecule has 0 heterocycles. The van der Waals surface area contributed by atoms with Gasteiger partial charge in [0, 0.05) is 13.2 Å². The zero-order valence-corrected chi connectivity index (χ0v) is 14.5. The van der Waals surface area contributed by atoms with Gasteiger partial charge in [0.2, 0.25) is 0 Å². The average Bonchev–Trinajstić information content (AvgIpc) is 2.18. The van der Waals surface area contributed by atoms with Gasteiger partial charge in [-0.3, -0.25) is 0 Å². The van der Waals surface area contributed by atoms with E-state index in [1.165, 1.54) is 0 Å². The summed E-state index contributed by atoms with van der Waals surface area (Å²) >= 11 is 0. The van der Waals surface area contributed by atoms with Crippen LogP contribution in [0.25, 0.3) is 0 Å². The Morgan fingerprint density at radius 2 is 1.44 bits per heavy atom. The summed E-state index contributed by atoms with van der Waals surface area (Å²) in [7, 11) is -3.98. The van der Waals surface area contributed by atoms with E-state index in [-0.39, 0.29) is 6.10 Å². The zero-order chi connectivity index (χ0) is 14.2. The molecule has 0 saturated heterocycles. The van der Waals surface area contributed by atoms with E-state index >= 15 is 0 Å². The number of ether oxygens (including phenoxy) is 2. The zero-order valence-electron chi connectivity index (χ0n) is 12.5. The quantitative estimate of drug-likeness (QED) is 0.479. The van der Waals surface area contributed by atoms with Crippen LogP contribution < -0.4 is 0 Å². The van der Waals surface area contributed by atoms with Crippen LogP contribution in [0.1, 0.15) is 13.3 Å². The highest BCUT2D eigenvalue weighted by Crippen LogP contribution is 2.08. The van der Waals surface area contributed by atoms with Crippen molar-refractivity contribution in [1.29, 1.82) is 0 Å². The summed E-state index contributed by atoms with van der Waals surface area (Å²) in [6, 6.07) is 1.53. The van der Waals surface area contributed by atoms with E-state index in [4.69, 9.17) is 9.47 Å². The summed E-state index contributed by atoms with van der Waals surface area (Å²) < 4.78 is 11.2. The van der Waals surface area contributed by atoms with Gasteiger partial charge in [0.25, 0.3) is 0 Å². The second-order valence-electron chi connectivity index (χ2n) is 6.10. The Hall–Kier alpha value is 0.274. The standard InChI is InChI=1S/C12H30O4Si2/c1-6-12(16-8-10-18(4,5)14)11-15-7-9-17(2,3)13/h12-14H,6-11H2,1-5H3. The fraction of sp³-hybridized carbons (Fsp3) is 1.00. The summed E-state index contributed by atoms with van der Waals surface area (Å²) in [4.78, 5) is 19.4. The largest absolute Gasteiger partial charge is 0.432 e. The number of hydrogen-bond acceptors (Lipinski definition) is 4. The highest BCUT2D eigenvalue weighted by atomic mass is 28.4. The minimum Gasteiger partial charge on any atom is -0.432 e. The van der Waals surface area contributed by atoms with Crippen molar-refractivity contribution < 1.29 is 19.1 Å². The Balaban J connectivity index is 3.65. The van der Waals surface area contributed by atoms with Crippen LogP contribution >= 0.6 is 0 Å². The molecule has 4 nitrogen and oxygen atoms in total. The first kappa shape index (κ1) is 18.3. The summed E-state index contributed by atoms with van der Waals surface area (Å²) in [5.41, 5.74) is 0. The van der Waals surface area contributed by atoms with Gasteiger partial charge in [-0.1, -0.05) is 6.92 Å². The fourth-order valence-electron chi connectivity index (χ4n) is 1.30. The van der Waals surface area contributed by atoms with Crippen LogP contribution in [0.5, 0.6) is 0 Å². The van der Waals surface area contributed by atoms with Crippen molar-refractivity contribution in [2.45, 2.75) is 57.7 Å². The molecule has 0 radical (unpaired) electrons. The first-order chi connectivity index (χ1) is 8.14. The molecule has 0 amide bonds. The maximum Gasteiger partial charge on any atom is 0.184 e. The van der Waals surface area contributed by atoms with Gasteiger partial charge >= 0.3 is 0 Å². The van der Waals surface area contributed by atoms with Crippen LogP contribution in [0.2, 0.25) is 38.3 Å². The molecule has 0 rings (SSSR count). The monoisotopic (exact) mass is 294 g/mol. The molecule has 0 fully saturated rings. The van der Waals surface area contributed by atoms with Crippen LogP contribution in [0.4, 0.5) is 0 Å². The molecule has 0 aliphatic rings. The molecule has 0 aromatic heterocycles. The SMILES string of the molecule is CCC(COCC[Si](C)(C)O)OCC[Si](C)(C)O. The smallest absolute Gasteiger partial charge is 0.184 e. The first-order valence-electron chi connectivity index (χ1n) is 6.78. The van der Waals surface area contributed by atoms with E-state index in [0.29, 0.717) is 19.8 Å². The predicted molar refractivity (Wildman–Crippen MR) is 79.9 cm³/mol. The number of rotatable bonds is 10. The van der Waals surface area contributed by atoms with Gasteiger partial charge in [-0.2, -0.15) is 0 Å². The van der Waals surface area contributed by atoms with E-state index in [0.717, 1.165) is 18.5 Å². The lowest BCUT2D eigenvalue weighted by atomic mass is 10.3. The van der Waals surface area contributed by atoms with E-state index in [9.17, 15) is 9.59 Å². The summed E-state index contributed by atoms with van der Waals surface area (Å²) in [5.74, 6) is 0. The van der Waals surface area contributed by atoms with Crippen LogP contribution in [-0.4, -0.2) is 52.2 Å². The second-order valence-corrected chi connectivity index (χ2v) is 14.4. The van der Waals surface area contributed by atoms with Gasteiger partial charge < -0.3 is 19.1 Å². The van der Waals surface area contributed by atoms with Crippen molar-refractivity contribution in [1.82, 2.24) is 0 Å². The van der Waals surface area contributed by atoms with Gasteiger partial charge in [0.05, 0.1) is 12.7 Å². The highest BCUT2D eigenvalue weighted by Gasteiger charge is 2.18. The maximum absolute atomic E-state index is 9.71. The van der Waals surface area contributed by atoms with Gasteiger partial charge in [-0.25, -0.2) is 0 Å². The Bertz CT molecular complexity index is 211. The minimum absolute atomic E-state index is 0.102. The van der Waals surface area contributed by atoms with Crippen LogP contribution in [0.15, 0.2) is 0 Å². The molecule has 1 unspecified atom stereocenters. The van der Waals surface area contributed by atoms with Gasteiger partial charge in [0.15, 0.2) is 16.6 Å². The maximum atomic E-state index is 9.71. The fourth-order valence-corrected chi connectivity index (χ4v) is 2.56. The van der Waals surface area contributed by atoms with Crippen LogP contribution in [0.3, 0.4) is 0 Å². The molecular weight excluding hydrogens is 264 g/mol. The molecule has 1 atom stereocenters. The summed E-state index contributed by atoms with van der Waals surface area (Å²) in [6.45, 7) is 11.5. The van der Waals surface area contributed by atoms with Gasteiger partial charge in [-0.05, 0) is 44.7 Å². The summed E-state index contributed by atoms with van der Waals surface area (Å²) in [5, 5.41) is 0. The Kier molecular flexibility index (Phi) is 8.57. The van der Waals surface area contributed by atoms with Crippen molar-refractivity contribution >= 4 is 16.6 Å². The normalized spacial score (nSPS) is 14.8. The van der Waals surface area contributed by atoms with Gasteiger partial charge in [0.1, 0.15) is 0 Å². The lowest BCUT2D eigenvalue weighted by molar-refractivity contribution is -0.0110. The third kappa shape index (κ3) is 12.7. The van der Waals surface area contributed by atoms with Crippen molar-refractivity contribution in [3.8, 4) is 0 Å². The Labute approximate surface area is 114 Å². The molecule has 6 heteroatoms. The van der Waals surface area contributed by atoms with Crippen molar-refractivity contribution in [3.05, 3.63) is 0 Å². The van der Waals surface area contributed by atoms with E-state index in [2.05, 4.69) is 6.92 Å². The van der Waals surface area contributed by atoms with Crippen molar-refractivity contribution in [3.63, 3.8) is 0 Å². The molecule has 18 heavy (non-hydrogen) atoms. The topological polar surface area (TPSA) is 58.9 Å². The molecule has 110 valence electrons. The van der Waals surface area contributed by atoms with E-state index in [1.54, 1.807) is 0 Å². The Morgan fingerprint density at radius 1 is 0.944 bits per heavy atom. The summed E-state index contributed by atoms with van der Waals surface area (Å²) in [6.07, 6.45) is 1.01. The highest BCUT2D eigenvalue weighted by molar-refractivity contribution is 6.70. The van der Waals surface area contributed by atoms with Crippen LogP contribution in [0, 0.1) is 0 Å². The molecule has 0 aromatic rings. The predicted octanol–water partition coefficient (Wildman–Crippen LogP) is 2.19. The van der Waals surface area contributed by atoms with Crippen LogP contribution in [-0.2, 0) is 9.47 Å². The minimum atomic E-state index is -1.99. The number of hydrogen-bond donors (Lipinski definition) is 2. The van der Waals surface area contributed by atoms with Crippen molar-refractivity contribution in [2.24, 2.45) is 0 Å². The lowest BCUT2D eigenvalue weighted by Gasteiger charge is -2.20. The second kappa shape index (κ2) is 8.45. The first-order valence-corrected chi connectivity index (χ1v) is 13.1.